The van der Waals surface area contributed by atoms with Crippen molar-refractivity contribution in [1.82, 2.24) is 24.8 Å². The van der Waals surface area contributed by atoms with Crippen LogP contribution in [0.3, 0.4) is 0 Å². The molecule has 8 nitrogen and oxygen atoms in total. The van der Waals surface area contributed by atoms with Gasteiger partial charge >= 0.3 is 0 Å². The number of nitrogen functional groups attached to an aromatic ring is 1. The molecule has 2 aromatic heterocycles. The number of hydrogen-bond acceptors (Lipinski definition) is 5. The SMILES string of the molecule is CC(=O)NCCCn1c(C2CCN(C(=O)c3ccccc3)CC2)nc2c(N)nc3cc(Br)ccc3c21. The fraction of sp³-hybridized carbons (Fsp3) is 0.333. The lowest BCUT2D eigenvalue weighted by atomic mass is 9.95. The highest BCUT2D eigenvalue weighted by atomic mass is 79.9. The van der Waals surface area contributed by atoms with Crippen LogP contribution in [0.2, 0.25) is 0 Å². The van der Waals surface area contributed by atoms with Gasteiger partial charge in [-0.25, -0.2) is 9.97 Å². The zero-order valence-corrected chi connectivity index (χ0v) is 21.8. The van der Waals surface area contributed by atoms with Crippen LogP contribution in [0.25, 0.3) is 21.9 Å². The van der Waals surface area contributed by atoms with Gasteiger partial charge in [0.25, 0.3) is 5.91 Å². The monoisotopic (exact) mass is 548 g/mol. The third-order valence-electron chi connectivity index (χ3n) is 6.80. The second kappa shape index (κ2) is 10.3. The third kappa shape index (κ3) is 4.80. The summed E-state index contributed by atoms with van der Waals surface area (Å²) in [6, 6.07) is 15.4. The van der Waals surface area contributed by atoms with E-state index in [1.807, 2.05) is 53.4 Å². The fourth-order valence-electron chi connectivity index (χ4n) is 5.05. The van der Waals surface area contributed by atoms with Gasteiger partial charge in [0.1, 0.15) is 11.3 Å². The number of rotatable bonds is 6. The van der Waals surface area contributed by atoms with Gasteiger partial charge < -0.3 is 20.5 Å². The van der Waals surface area contributed by atoms with E-state index in [9.17, 15) is 9.59 Å². The van der Waals surface area contributed by atoms with Crippen LogP contribution in [-0.4, -0.2) is 50.9 Å². The molecule has 3 N–H and O–H groups in total. The number of anilines is 1. The first-order valence-corrected chi connectivity index (χ1v) is 13.1. The van der Waals surface area contributed by atoms with E-state index >= 15 is 0 Å². The highest BCUT2D eigenvalue weighted by molar-refractivity contribution is 9.10. The van der Waals surface area contributed by atoms with E-state index in [-0.39, 0.29) is 17.7 Å². The lowest BCUT2D eigenvalue weighted by molar-refractivity contribution is -0.118. The Labute approximate surface area is 218 Å². The first-order chi connectivity index (χ1) is 17.4. The van der Waals surface area contributed by atoms with E-state index in [4.69, 9.17) is 10.7 Å². The van der Waals surface area contributed by atoms with E-state index < -0.39 is 0 Å². The Hall–Kier alpha value is -3.46. The molecule has 5 rings (SSSR count). The lowest BCUT2D eigenvalue weighted by Gasteiger charge is -2.32. The summed E-state index contributed by atoms with van der Waals surface area (Å²) in [4.78, 5) is 35.9. The van der Waals surface area contributed by atoms with Crippen molar-refractivity contribution in [2.24, 2.45) is 0 Å². The van der Waals surface area contributed by atoms with Crippen LogP contribution in [0.15, 0.2) is 53.0 Å². The maximum atomic E-state index is 12.9. The number of nitrogens with zero attached hydrogens (tertiary/aromatic N) is 4. The predicted molar refractivity (Wildman–Crippen MR) is 145 cm³/mol. The van der Waals surface area contributed by atoms with Gasteiger partial charge in [0, 0.05) is 54.4 Å². The molecule has 1 saturated heterocycles. The number of benzene rings is 2. The molecular weight excluding hydrogens is 520 g/mol. The van der Waals surface area contributed by atoms with Crippen LogP contribution in [0.4, 0.5) is 5.82 Å². The van der Waals surface area contributed by atoms with Crippen molar-refractivity contribution in [2.75, 3.05) is 25.4 Å². The van der Waals surface area contributed by atoms with E-state index in [2.05, 4.69) is 30.8 Å². The minimum Gasteiger partial charge on any atom is -0.382 e. The number of nitrogens with one attached hydrogen (secondary N) is 1. The molecular formula is C27H29BrN6O2. The molecule has 1 aliphatic heterocycles. The van der Waals surface area contributed by atoms with Crippen LogP contribution in [0, 0.1) is 0 Å². The number of piperidine rings is 1. The van der Waals surface area contributed by atoms with Crippen molar-refractivity contribution in [3.8, 4) is 0 Å². The number of hydrogen-bond donors (Lipinski definition) is 2. The Kier molecular flexibility index (Phi) is 6.91. The summed E-state index contributed by atoms with van der Waals surface area (Å²) in [5.74, 6) is 1.62. The van der Waals surface area contributed by atoms with Crippen LogP contribution >= 0.6 is 15.9 Å². The topological polar surface area (TPSA) is 106 Å². The first-order valence-electron chi connectivity index (χ1n) is 12.3. The number of halogens is 1. The number of fused-ring (bicyclic) bond motifs is 3. The van der Waals surface area contributed by atoms with Crippen LogP contribution in [0.1, 0.15) is 48.3 Å². The Bertz CT molecular complexity index is 1430. The number of amides is 2. The average Bonchev–Trinajstić information content (AvgIpc) is 3.27. The van der Waals surface area contributed by atoms with Gasteiger partial charge in [-0.3, -0.25) is 9.59 Å². The van der Waals surface area contributed by atoms with Crippen LogP contribution < -0.4 is 11.1 Å². The molecule has 0 aliphatic carbocycles. The Balaban J connectivity index is 1.47. The van der Waals surface area contributed by atoms with E-state index in [1.54, 1.807) is 0 Å². The van der Waals surface area contributed by atoms with Gasteiger partial charge in [-0.2, -0.15) is 0 Å². The number of pyridine rings is 1. The summed E-state index contributed by atoms with van der Waals surface area (Å²) >= 11 is 3.53. The van der Waals surface area contributed by atoms with Gasteiger partial charge in [-0.1, -0.05) is 34.1 Å². The summed E-state index contributed by atoms with van der Waals surface area (Å²) in [6.07, 6.45) is 2.42. The molecule has 186 valence electrons. The van der Waals surface area contributed by atoms with Crippen molar-refractivity contribution in [3.63, 3.8) is 0 Å². The molecule has 0 saturated carbocycles. The quantitative estimate of drug-likeness (QED) is 0.345. The van der Waals surface area contributed by atoms with Gasteiger partial charge in [0.2, 0.25) is 5.91 Å². The predicted octanol–water partition coefficient (Wildman–Crippen LogP) is 4.48. The molecule has 2 aromatic carbocycles. The Morgan fingerprint density at radius 2 is 1.86 bits per heavy atom. The number of aryl methyl sites for hydroxylation is 1. The highest BCUT2D eigenvalue weighted by Gasteiger charge is 2.29. The molecule has 1 aliphatic rings. The van der Waals surface area contributed by atoms with Gasteiger partial charge in [-0.05, 0) is 49.6 Å². The van der Waals surface area contributed by atoms with Gasteiger partial charge in [0.15, 0.2) is 5.82 Å². The van der Waals surface area contributed by atoms with Crippen molar-refractivity contribution >= 4 is 55.5 Å². The van der Waals surface area contributed by atoms with E-state index in [0.29, 0.717) is 37.5 Å². The molecule has 0 radical (unpaired) electrons. The minimum atomic E-state index is -0.0371. The second-order valence-corrected chi connectivity index (χ2v) is 10.2. The van der Waals surface area contributed by atoms with Gasteiger partial charge in [-0.15, -0.1) is 0 Å². The van der Waals surface area contributed by atoms with Crippen molar-refractivity contribution in [2.45, 2.75) is 38.6 Å². The number of nitrogens with two attached hydrogens (primary N) is 1. The van der Waals surface area contributed by atoms with Crippen molar-refractivity contribution in [1.29, 1.82) is 0 Å². The van der Waals surface area contributed by atoms with Crippen LogP contribution in [0.5, 0.6) is 0 Å². The zero-order chi connectivity index (χ0) is 25.2. The van der Waals surface area contributed by atoms with E-state index in [1.165, 1.54) is 6.92 Å². The molecule has 4 aromatic rings. The number of carbonyl (C=O) groups is 2. The second-order valence-electron chi connectivity index (χ2n) is 9.25. The molecule has 1 fully saturated rings. The lowest BCUT2D eigenvalue weighted by Crippen LogP contribution is -2.38. The average molecular weight is 549 g/mol. The molecule has 0 bridgehead atoms. The van der Waals surface area contributed by atoms with Crippen molar-refractivity contribution < 1.29 is 9.59 Å². The number of carbonyl (C=O) groups excluding carboxylic acids is 2. The first kappa shape index (κ1) is 24.2. The zero-order valence-electron chi connectivity index (χ0n) is 20.2. The summed E-state index contributed by atoms with van der Waals surface area (Å²) in [5.41, 5.74) is 9.61. The number of imidazole rings is 1. The molecule has 9 heteroatoms. The van der Waals surface area contributed by atoms with E-state index in [0.717, 1.165) is 51.5 Å². The molecule has 0 unspecified atom stereocenters. The molecule has 3 heterocycles. The largest absolute Gasteiger partial charge is 0.382 e. The fourth-order valence-corrected chi connectivity index (χ4v) is 5.39. The van der Waals surface area contributed by atoms with Crippen LogP contribution in [-0.2, 0) is 11.3 Å². The maximum Gasteiger partial charge on any atom is 0.253 e. The molecule has 36 heavy (non-hydrogen) atoms. The smallest absolute Gasteiger partial charge is 0.253 e. The Morgan fingerprint density at radius 3 is 2.58 bits per heavy atom. The van der Waals surface area contributed by atoms with Gasteiger partial charge in [0.05, 0.1) is 11.0 Å². The highest BCUT2D eigenvalue weighted by Crippen LogP contribution is 2.35. The van der Waals surface area contributed by atoms with Crippen molar-refractivity contribution in [3.05, 3.63) is 64.4 Å². The molecule has 2 amide bonds. The summed E-state index contributed by atoms with van der Waals surface area (Å²) in [7, 11) is 0. The maximum absolute atomic E-state index is 12.9. The minimum absolute atomic E-state index is 0.0371. The number of likely N-dealkylation sites (tertiary alicyclic amines) is 1. The molecule has 0 atom stereocenters. The normalized spacial score (nSPS) is 14.4. The summed E-state index contributed by atoms with van der Waals surface area (Å²) < 4.78 is 3.19. The third-order valence-corrected chi connectivity index (χ3v) is 7.29. The summed E-state index contributed by atoms with van der Waals surface area (Å²) in [5, 5.41) is 3.88. The molecule has 0 spiro atoms. The Morgan fingerprint density at radius 1 is 1.11 bits per heavy atom. The number of aromatic nitrogens is 3. The standard InChI is InChI=1S/C27H29BrN6O2/c1-17(35)30-12-5-13-34-24-21-9-8-20(28)16-22(21)31-25(29)23(24)32-26(34)18-10-14-33(15-11-18)27(36)19-6-3-2-4-7-19/h2-4,6-9,16,18H,5,10-15H2,1H3,(H2,29,31)(H,30,35). The summed E-state index contributed by atoms with van der Waals surface area (Å²) in [6.45, 7) is 4.16.